The van der Waals surface area contributed by atoms with Crippen molar-refractivity contribution in [2.24, 2.45) is 5.10 Å². The van der Waals surface area contributed by atoms with Crippen molar-refractivity contribution in [1.29, 1.82) is 0 Å². The number of benzene rings is 2. The van der Waals surface area contributed by atoms with Crippen LogP contribution < -0.4 is 15.9 Å². The Hall–Kier alpha value is -5.51. The van der Waals surface area contributed by atoms with Crippen LogP contribution in [-0.2, 0) is 6.54 Å². The van der Waals surface area contributed by atoms with Gasteiger partial charge in [0.2, 0.25) is 11.6 Å². The third-order valence-electron chi connectivity index (χ3n) is 6.02. The van der Waals surface area contributed by atoms with E-state index in [2.05, 4.69) is 35.8 Å². The van der Waals surface area contributed by atoms with E-state index < -0.39 is 16.8 Å². The molecule has 0 unspecified atom stereocenters. The molecule has 41 heavy (non-hydrogen) atoms. The summed E-state index contributed by atoms with van der Waals surface area (Å²) in [5.41, 5.74) is 9.59. The Bertz CT molecular complexity index is 1610. The Morgan fingerprint density at radius 2 is 2.00 bits per heavy atom. The number of nitrogen functional groups attached to an aromatic ring is 1. The molecule has 0 bridgehead atoms. The number of hydrogen-bond acceptors (Lipinski definition) is 13. The summed E-state index contributed by atoms with van der Waals surface area (Å²) in [6.07, 6.45) is 1.36. The summed E-state index contributed by atoms with van der Waals surface area (Å²) in [6.45, 7) is 7.23. The van der Waals surface area contributed by atoms with Crippen molar-refractivity contribution in [2.75, 3.05) is 18.8 Å². The number of amides is 1. The van der Waals surface area contributed by atoms with E-state index in [1.165, 1.54) is 42.1 Å². The summed E-state index contributed by atoms with van der Waals surface area (Å²) in [6, 6.07) is 10.4. The third kappa shape index (κ3) is 6.56. The molecule has 3 N–H and O–H groups in total. The third-order valence-corrected chi connectivity index (χ3v) is 6.02. The van der Waals surface area contributed by atoms with Gasteiger partial charge in [-0.2, -0.15) is 9.78 Å². The van der Waals surface area contributed by atoms with E-state index in [1.54, 1.807) is 18.2 Å². The summed E-state index contributed by atoms with van der Waals surface area (Å²) in [7, 11) is 0. The topological polar surface area (TPSA) is 210 Å². The number of carbonyl (C=O) groups is 2. The van der Waals surface area contributed by atoms with Gasteiger partial charge in [0.1, 0.15) is 5.75 Å². The van der Waals surface area contributed by atoms with Crippen LogP contribution in [0, 0.1) is 17.0 Å². The van der Waals surface area contributed by atoms with Gasteiger partial charge in [0.05, 0.1) is 22.4 Å². The molecule has 16 heteroatoms. The van der Waals surface area contributed by atoms with Crippen molar-refractivity contribution in [3.05, 3.63) is 80.7 Å². The quantitative estimate of drug-likeness (QED) is 0.0886. The second-order valence-corrected chi connectivity index (χ2v) is 8.65. The van der Waals surface area contributed by atoms with Crippen molar-refractivity contribution in [3.63, 3.8) is 0 Å². The Morgan fingerprint density at radius 3 is 2.66 bits per heavy atom. The van der Waals surface area contributed by atoms with E-state index in [0.717, 1.165) is 0 Å². The average molecular weight is 563 g/mol. The van der Waals surface area contributed by atoms with E-state index in [9.17, 15) is 19.7 Å². The number of esters is 1. The Balaban J connectivity index is 1.47. The van der Waals surface area contributed by atoms with E-state index in [4.69, 9.17) is 10.5 Å². The first-order valence-corrected chi connectivity index (χ1v) is 12.4. The summed E-state index contributed by atoms with van der Waals surface area (Å²) in [5.74, 6) is -0.995. The molecule has 2 heterocycles. The number of aromatic nitrogens is 5. The molecule has 0 saturated carbocycles. The van der Waals surface area contributed by atoms with Gasteiger partial charge in [0.15, 0.2) is 5.69 Å². The maximum absolute atomic E-state index is 13.0. The monoisotopic (exact) mass is 562 g/mol. The lowest BCUT2D eigenvalue weighted by atomic mass is 10.1. The number of nitro benzene ring substituents is 1. The number of anilines is 1. The largest absolute Gasteiger partial charge is 0.423 e. The fourth-order valence-electron chi connectivity index (χ4n) is 3.82. The van der Waals surface area contributed by atoms with E-state index in [-0.39, 0.29) is 34.3 Å². The lowest BCUT2D eigenvalue weighted by Crippen LogP contribution is -2.27. The highest BCUT2D eigenvalue weighted by atomic mass is 16.6. The summed E-state index contributed by atoms with van der Waals surface area (Å²) >= 11 is 0. The van der Waals surface area contributed by atoms with Crippen LogP contribution >= 0.6 is 0 Å². The minimum absolute atomic E-state index is 0.00929. The van der Waals surface area contributed by atoms with Crippen LogP contribution in [0.25, 0.3) is 5.82 Å². The van der Waals surface area contributed by atoms with Gasteiger partial charge >= 0.3 is 5.97 Å². The minimum atomic E-state index is -0.683. The molecule has 0 aliphatic rings. The van der Waals surface area contributed by atoms with Crippen molar-refractivity contribution < 1.29 is 23.9 Å². The molecule has 0 aliphatic heterocycles. The predicted octanol–water partition coefficient (Wildman–Crippen LogP) is 2.27. The van der Waals surface area contributed by atoms with Crippen molar-refractivity contribution >= 4 is 29.6 Å². The lowest BCUT2D eigenvalue weighted by molar-refractivity contribution is -0.385. The second kappa shape index (κ2) is 12.6. The Kier molecular flexibility index (Phi) is 8.73. The van der Waals surface area contributed by atoms with Crippen molar-refractivity contribution in [3.8, 4) is 11.6 Å². The zero-order chi connectivity index (χ0) is 29.5. The van der Waals surface area contributed by atoms with Crippen LogP contribution in [0.4, 0.5) is 11.5 Å². The van der Waals surface area contributed by atoms with Crippen LogP contribution in [0.2, 0.25) is 0 Å². The molecule has 0 fully saturated rings. The number of aryl methyl sites for hydroxylation is 1. The number of nitro groups is 1. The highest BCUT2D eigenvalue weighted by Gasteiger charge is 2.25. The first-order valence-electron chi connectivity index (χ1n) is 12.4. The van der Waals surface area contributed by atoms with Gasteiger partial charge in [0, 0.05) is 18.2 Å². The molecule has 0 atom stereocenters. The molecule has 1 amide bonds. The molecule has 16 nitrogen and oxygen atoms in total. The number of rotatable bonds is 11. The van der Waals surface area contributed by atoms with Gasteiger partial charge in [-0.3, -0.25) is 19.8 Å². The standard InChI is InChI=1S/C25H26N10O6/c1-4-33(5-2)14-20-21(28-32-34(20)23-22(26)30-41-31-23)24(36)29-27-13-16-7-6-8-18(12-16)40-25(37)17-9-10-19(35(38)39)15(3)11-17/h6-13H,4-5,14H2,1-3H3,(H2,26,30)(H,29,36). The summed E-state index contributed by atoms with van der Waals surface area (Å²) < 4.78 is 11.4. The number of nitrogens with zero attached hydrogens (tertiary/aromatic N) is 8. The molecule has 4 rings (SSSR count). The Morgan fingerprint density at radius 1 is 1.22 bits per heavy atom. The first-order chi connectivity index (χ1) is 19.7. The summed E-state index contributed by atoms with van der Waals surface area (Å²) in [5, 5.41) is 30.3. The molecule has 4 aromatic rings. The van der Waals surface area contributed by atoms with Gasteiger partial charge in [-0.1, -0.05) is 31.2 Å². The number of hydrogen-bond donors (Lipinski definition) is 2. The van der Waals surface area contributed by atoms with Crippen LogP contribution in [0.3, 0.4) is 0 Å². The molecule has 2 aromatic carbocycles. The molecule has 0 spiro atoms. The van der Waals surface area contributed by atoms with Crippen LogP contribution in [0.1, 0.15) is 51.5 Å². The number of ether oxygens (including phenoxy) is 1. The summed E-state index contributed by atoms with van der Waals surface area (Å²) in [4.78, 5) is 38.1. The maximum Gasteiger partial charge on any atom is 0.343 e. The smallest absolute Gasteiger partial charge is 0.343 e. The van der Waals surface area contributed by atoms with Crippen LogP contribution in [-0.4, -0.2) is 66.3 Å². The van der Waals surface area contributed by atoms with Crippen molar-refractivity contribution in [2.45, 2.75) is 27.3 Å². The second-order valence-electron chi connectivity index (χ2n) is 8.65. The molecule has 0 radical (unpaired) electrons. The minimum Gasteiger partial charge on any atom is -0.423 e. The van der Waals surface area contributed by atoms with Crippen molar-refractivity contribution in [1.82, 2.24) is 35.6 Å². The molecule has 212 valence electrons. The van der Waals surface area contributed by atoms with E-state index in [1.807, 2.05) is 18.7 Å². The highest BCUT2D eigenvalue weighted by molar-refractivity contribution is 5.94. The molecular weight excluding hydrogens is 536 g/mol. The van der Waals surface area contributed by atoms with Crippen LogP contribution in [0.5, 0.6) is 5.75 Å². The normalized spacial score (nSPS) is 11.2. The van der Waals surface area contributed by atoms with Gasteiger partial charge < -0.3 is 10.5 Å². The zero-order valence-corrected chi connectivity index (χ0v) is 22.3. The molecular formula is C25H26N10O6. The van der Waals surface area contributed by atoms with E-state index in [0.29, 0.717) is 36.5 Å². The SMILES string of the molecule is CCN(CC)Cc1c(C(=O)NN=Cc2cccc(OC(=O)c3ccc([N+](=O)[O-])c(C)c3)c2)nnn1-c1nonc1N. The zero-order valence-electron chi connectivity index (χ0n) is 22.3. The lowest BCUT2D eigenvalue weighted by Gasteiger charge is -2.18. The van der Waals surface area contributed by atoms with Gasteiger partial charge in [-0.05, 0) is 60.2 Å². The number of carbonyl (C=O) groups excluding carboxylic acids is 2. The van der Waals surface area contributed by atoms with Gasteiger partial charge in [-0.25, -0.2) is 14.8 Å². The average Bonchev–Trinajstić information content (AvgIpc) is 3.56. The van der Waals surface area contributed by atoms with Gasteiger partial charge in [0.25, 0.3) is 11.6 Å². The maximum atomic E-state index is 13.0. The fourth-order valence-corrected chi connectivity index (χ4v) is 3.82. The number of nitrogens with one attached hydrogen (secondary N) is 1. The first kappa shape index (κ1) is 28.5. The highest BCUT2D eigenvalue weighted by Crippen LogP contribution is 2.21. The predicted molar refractivity (Wildman–Crippen MR) is 145 cm³/mol. The van der Waals surface area contributed by atoms with E-state index >= 15 is 0 Å². The van der Waals surface area contributed by atoms with Gasteiger partial charge in [-0.15, -0.1) is 5.10 Å². The number of hydrazone groups is 1. The molecule has 2 aromatic heterocycles. The number of nitrogens with two attached hydrogens (primary N) is 1. The fraction of sp³-hybridized carbons (Fsp3) is 0.240. The van der Waals surface area contributed by atoms with Crippen LogP contribution in [0.15, 0.2) is 52.2 Å². The molecule has 0 aliphatic carbocycles. The Labute approximate surface area is 232 Å². The molecule has 0 saturated heterocycles.